The van der Waals surface area contributed by atoms with Crippen molar-refractivity contribution in [1.82, 2.24) is 4.90 Å². The highest BCUT2D eigenvalue weighted by molar-refractivity contribution is 5.94. The summed E-state index contributed by atoms with van der Waals surface area (Å²) in [5.74, 6) is 0.780. The van der Waals surface area contributed by atoms with Gasteiger partial charge in [-0.05, 0) is 43.0 Å². The zero-order valence-electron chi connectivity index (χ0n) is 11.1. The maximum absolute atomic E-state index is 12.2. The molecule has 3 heteroatoms. The first-order valence-electron chi connectivity index (χ1n) is 6.78. The molecule has 98 valence electrons. The number of carbonyl (C=O) groups is 1. The molecule has 1 saturated carbocycles. The van der Waals surface area contributed by atoms with Crippen molar-refractivity contribution in [3.8, 4) is 0 Å². The molecule has 1 aliphatic rings. The van der Waals surface area contributed by atoms with Crippen molar-refractivity contribution < 1.29 is 4.79 Å². The van der Waals surface area contributed by atoms with Crippen LogP contribution in [0, 0.1) is 5.92 Å². The molecule has 0 atom stereocenters. The highest BCUT2D eigenvalue weighted by atomic mass is 16.2. The SMILES string of the molecule is CN(CC1CCCCC1)C(=O)c1ccc(N)cc1. The molecule has 1 amide bonds. The molecular weight excluding hydrogens is 224 g/mol. The molecule has 0 bridgehead atoms. The quantitative estimate of drug-likeness (QED) is 0.833. The lowest BCUT2D eigenvalue weighted by atomic mass is 9.89. The van der Waals surface area contributed by atoms with Crippen molar-refractivity contribution in [2.45, 2.75) is 32.1 Å². The predicted octanol–water partition coefficient (Wildman–Crippen LogP) is 2.92. The highest BCUT2D eigenvalue weighted by Crippen LogP contribution is 2.24. The van der Waals surface area contributed by atoms with Gasteiger partial charge in [-0.15, -0.1) is 0 Å². The fourth-order valence-corrected chi connectivity index (χ4v) is 2.69. The molecular formula is C15H22N2O. The van der Waals surface area contributed by atoms with Gasteiger partial charge in [0.1, 0.15) is 0 Å². The first-order chi connectivity index (χ1) is 8.66. The Kier molecular flexibility index (Phi) is 4.24. The summed E-state index contributed by atoms with van der Waals surface area (Å²) in [6.07, 6.45) is 6.51. The van der Waals surface area contributed by atoms with Gasteiger partial charge in [-0.2, -0.15) is 0 Å². The van der Waals surface area contributed by atoms with Gasteiger partial charge in [0, 0.05) is 24.8 Å². The molecule has 18 heavy (non-hydrogen) atoms. The Morgan fingerprint density at radius 3 is 2.44 bits per heavy atom. The summed E-state index contributed by atoms with van der Waals surface area (Å²) in [6.45, 7) is 0.878. The number of amides is 1. The minimum Gasteiger partial charge on any atom is -0.399 e. The Labute approximate surface area is 109 Å². The van der Waals surface area contributed by atoms with Gasteiger partial charge in [-0.25, -0.2) is 0 Å². The van der Waals surface area contributed by atoms with E-state index in [0.717, 1.165) is 12.1 Å². The van der Waals surface area contributed by atoms with E-state index in [1.807, 2.05) is 11.9 Å². The van der Waals surface area contributed by atoms with Crippen LogP contribution in [0.4, 0.5) is 5.69 Å². The molecule has 2 rings (SSSR count). The zero-order chi connectivity index (χ0) is 13.0. The molecule has 2 N–H and O–H groups in total. The third kappa shape index (κ3) is 3.25. The smallest absolute Gasteiger partial charge is 0.253 e. The summed E-state index contributed by atoms with van der Waals surface area (Å²) in [7, 11) is 1.90. The van der Waals surface area contributed by atoms with Gasteiger partial charge >= 0.3 is 0 Å². The molecule has 0 saturated heterocycles. The molecule has 0 heterocycles. The number of nitrogens with two attached hydrogens (primary N) is 1. The number of carbonyl (C=O) groups excluding carboxylic acids is 1. The number of hydrogen-bond donors (Lipinski definition) is 1. The van der Waals surface area contributed by atoms with Crippen LogP contribution in [-0.2, 0) is 0 Å². The lowest BCUT2D eigenvalue weighted by molar-refractivity contribution is 0.0760. The van der Waals surface area contributed by atoms with Gasteiger partial charge in [0.05, 0.1) is 0 Å². The van der Waals surface area contributed by atoms with Crippen molar-refractivity contribution in [3.05, 3.63) is 29.8 Å². The van der Waals surface area contributed by atoms with Crippen molar-refractivity contribution in [3.63, 3.8) is 0 Å². The Balaban J connectivity index is 1.93. The predicted molar refractivity (Wildman–Crippen MR) is 74.4 cm³/mol. The summed E-state index contributed by atoms with van der Waals surface area (Å²) >= 11 is 0. The molecule has 0 aliphatic heterocycles. The third-order valence-electron chi connectivity index (χ3n) is 3.76. The number of nitrogens with zero attached hydrogens (tertiary/aromatic N) is 1. The van der Waals surface area contributed by atoms with E-state index in [2.05, 4.69) is 0 Å². The van der Waals surface area contributed by atoms with Crippen LogP contribution in [0.5, 0.6) is 0 Å². The van der Waals surface area contributed by atoms with E-state index in [4.69, 9.17) is 5.73 Å². The molecule has 0 unspecified atom stereocenters. The van der Waals surface area contributed by atoms with E-state index in [1.165, 1.54) is 32.1 Å². The average molecular weight is 246 g/mol. The Morgan fingerprint density at radius 2 is 1.83 bits per heavy atom. The standard InChI is InChI=1S/C15H22N2O/c1-17(11-12-5-3-2-4-6-12)15(18)13-7-9-14(16)10-8-13/h7-10,12H,2-6,11,16H2,1H3. The number of benzene rings is 1. The summed E-state index contributed by atoms with van der Waals surface area (Å²) < 4.78 is 0. The van der Waals surface area contributed by atoms with Gasteiger partial charge in [0.15, 0.2) is 0 Å². The molecule has 0 aromatic heterocycles. The second-order valence-electron chi connectivity index (χ2n) is 5.31. The number of anilines is 1. The average Bonchev–Trinajstić information content (AvgIpc) is 2.40. The van der Waals surface area contributed by atoms with E-state index >= 15 is 0 Å². The fourth-order valence-electron chi connectivity index (χ4n) is 2.69. The summed E-state index contributed by atoms with van der Waals surface area (Å²) in [4.78, 5) is 14.1. The monoisotopic (exact) mass is 246 g/mol. The van der Waals surface area contributed by atoms with E-state index in [9.17, 15) is 4.79 Å². The van der Waals surface area contributed by atoms with Gasteiger partial charge in [0.25, 0.3) is 5.91 Å². The van der Waals surface area contributed by atoms with Crippen LogP contribution < -0.4 is 5.73 Å². The third-order valence-corrected chi connectivity index (χ3v) is 3.76. The first-order valence-corrected chi connectivity index (χ1v) is 6.78. The Bertz CT molecular complexity index is 393. The summed E-state index contributed by atoms with van der Waals surface area (Å²) in [6, 6.07) is 7.16. The maximum Gasteiger partial charge on any atom is 0.253 e. The Morgan fingerprint density at radius 1 is 1.22 bits per heavy atom. The second-order valence-corrected chi connectivity index (χ2v) is 5.31. The fraction of sp³-hybridized carbons (Fsp3) is 0.533. The zero-order valence-corrected chi connectivity index (χ0v) is 11.1. The van der Waals surface area contributed by atoms with E-state index < -0.39 is 0 Å². The normalized spacial score (nSPS) is 16.5. The largest absolute Gasteiger partial charge is 0.399 e. The maximum atomic E-state index is 12.2. The Hall–Kier alpha value is -1.51. The molecule has 0 spiro atoms. The highest BCUT2D eigenvalue weighted by Gasteiger charge is 2.18. The molecule has 3 nitrogen and oxygen atoms in total. The van der Waals surface area contributed by atoms with Crippen LogP contribution >= 0.6 is 0 Å². The summed E-state index contributed by atoms with van der Waals surface area (Å²) in [5, 5.41) is 0. The lowest BCUT2D eigenvalue weighted by Crippen LogP contribution is -2.32. The second kappa shape index (κ2) is 5.89. The molecule has 1 aliphatic carbocycles. The first kappa shape index (κ1) is 12.9. The van der Waals surface area contributed by atoms with Crippen LogP contribution in [0.3, 0.4) is 0 Å². The van der Waals surface area contributed by atoms with E-state index in [-0.39, 0.29) is 5.91 Å². The van der Waals surface area contributed by atoms with Gasteiger partial charge < -0.3 is 10.6 Å². The lowest BCUT2D eigenvalue weighted by Gasteiger charge is -2.27. The van der Waals surface area contributed by atoms with Crippen LogP contribution in [0.2, 0.25) is 0 Å². The van der Waals surface area contributed by atoms with Crippen LogP contribution in [0.25, 0.3) is 0 Å². The number of hydrogen-bond acceptors (Lipinski definition) is 2. The number of rotatable bonds is 3. The minimum atomic E-state index is 0.0978. The van der Waals surface area contributed by atoms with Crippen LogP contribution in [0.1, 0.15) is 42.5 Å². The van der Waals surface area contributed by atoms with Crippen LogP contribution in [0.15, 0.2) is 24.3 Å². The van der Waals surface area contributed by atoms with E-state index in [0.29, 0.717) is 11.6 Å². The van der Waals surface area contributed by atoms with Crippen molar-refractivity contribution >= 4 is 11.6 Å². The van der Waals surface area contributed by atoms with Gasteiger partial charge in [0.2, 0.25) is 0 Å². The molecule has 1 fully saturated rings. The van der Waals surface area contributed by atoms with Gasteiger partial charge in [-0.1, -0.05) is 19.3 Å². The topological polar surface area (TPSA) is 46.3 Å². The van der Waals surface area contributed by atoms with Crippen molar-refractivity contribution in [2.75, 3.05) is 19.3 Å². The van der Waals surface area contributed by atoms with Crippen molar-refractivity contribution in [1.29, 1.82) is 0 Å². The molecule has 1 aromatic carbocycles. The molecule has 0 radical (unpaired) electrons. The minimum absolute atomic E-state index is 0.0978. The van der Waals surface area contributed by atoms with Crippen molar-refractivity contribution in [2.24, 2.45) is 5.92 Å². The van der Waals surface area contributed by atoms with E-state index in [1.54, 1.807) is 24.3 Å². The summed E-state index contributed by atoms with van der Waals surface area (Å²) in [5.41, 5.74) is 7.05. The van der Waals surface area contributed by atoms with Gasteiger partial charge in [-0.3, -0.25) is 4.79 Å². The molecule has 1 aromatic rings. The van der Waals surface area contributed by atoms with Crippen LogP contribution in [-0.4, -0.2) is 24.4 Å². The number of nitrogen functional groups attached to an aromatic ring is 1.